The number of hydrogen-bond acceptors (Lipinski definition) is 10. The van der Waals surface area contributed by atoms with Crippen LogP contribution in [0.15, 0.2) is 42.5 Å². The molecule has 5 N–H and O–H groups in total. The van der Waals surface area contributed by atoms with Gasteiger partial charge >= 0.3 is 18.1 Å². The van der Waals surface area contributed by atoms with E-state index in [0.29, 0.717) is 41.5 Å². The van der Waals surface area contributed by atoms with Crippen LogP contribution in [0.3, 0.4) is 0 Å². The van der Waals surface area contributed by atoms with Gasteiger partial charge in [0.1, 0.15) is 25.7 Å². The third-order valence-corrected chi connectivity index (χ3v) is 6.61. The first-order valence-electron chi connectivity index (χ1n) is 13.4. The van der Waals surface area contributed by atoms with Crippen LogP contribution in [0.25, 0.3) is 11.0 Å². The molecule has 16 heteroatoms. The number of anilines is 1. The van der Waals surface area contributed by atoms with E-state index in [1.165, 1.54) is 4.90 Å². The molecule has 5 rings (SSSR count). The van der Waals surface area contributed by atoms with Crippen LogP contribution in [0.5, 0.6) is 11.5 Å². The average Bonchev–Trinajstić information content (AvgIpc) is 3.68. The zero-order valence-electron chi connectivity index (χ0n) is 22.8. The van der Waals surface area contributed by atoms with Gasteiger partial charge in [0.25, 0.3) is 5.91 Å². The molecule has 0 radical (unpaired) electrons. The highest BCUT2D eigenvalue weighted by molar-refractivity contribution is 6.04. The van der Waals surface area contributed by atoms with Crippen LogP contribution < -0.4 is 25.4 Å². The number of carbonyl (C=O) groups is 5. The molecule has 3 heterocycles. The molecule has 1 atom stereocenters. The van der Waals surface area contributed by atoms with Crippen LogP contribution in [0.1, 0.15) is 12.0 Å². The number of alkyl carbamates (subject to hydrolysis) is 1. The number of rotatable bonds is 13. The summed E-state index contributed by atoms with van der Waals surface area (Å²) in [7, 11) is 0. The van der Waals surface area contributed by atoms with Gasteiger partial charge in [-0.1, -0.05) is 30.3 Å². The van der Waals surface area contributed by atoms with Gasteiger partial charge in [-0.3, -0.25) is 14.5 Å². The van der Waals surface area contributed by atoms with Crippen LogP contribution in [0.4, 0.5) is 15.5 Å². The SMILES string of the molecule is O=C(CN1C(=O)CN(CCCNc2nc3cc4c(cc3[nH]2)OCO4)C1=O)NCC(NC(=O)OCc1ccccc1)C(=O)O. The first kappa shape index (κ1) is 29.0. The van der Waals surface area contributed by atoms with Crippen molar-refractivity contribution in [1.29, 1.82) is 0 Å². The molecular weight excluding hydrogens is 566 g/mol. The van der Waals surface area contributed by atoms with Crippen molar-refractivity contribution >= 4 is 46.9 Å². The molecule has 1 aromatic heterocycles. The van der Waals surface area contributed by atoms with Crippen molar-refractivity contribution in [3.05, 3.63) is 48.0 Å². The largest absolute Gasteiger partial charge is 0.480 e. The third kappa shape index (κ3) is 7.22. The number of nitrogens with zero attached hydrogens (tertiary/aromatic N) is 3. The van der Waals surface area contributed by atoms with Crippen molar-refractivity contribution < 1.29 is 43.3 Å². The second-order valence-electron chi connectivity index (χ2n) is 9.67. The number of carbonyl (C=O) groups excluding carboxylic acids is 4. The Balaban J connectivity index is 1.02. The molecule has 5 amide bonds. The van der Waals surface area contributed by atoms with E-state index >= 15 is 0 Å². The van der Waals surface area contributed by atoms with Gasteiger partial charge in [-0.05, 0) is 12.0 Å². The van der Waals surface area contributed by atoms with Crippen LogP contribution in [-0.4, -0.2) is 100 Å². The Bertz CT molecular complexity index is 1490. The van der Waals surface area contributed by atoms with Gasteiger partial charge in [0.2, 0.25) is 18.6 Å². The summed E-state index contributed by atoms with van der Waals surface area (Å²) < 4.78 is 15.7. The van der Waals surface area contributed by atoms with Crippen molar-refractivity contribution in [3.63, 3.8) is 0 Å². The minimum Gasteiger partial charge on any atom is -0.480 e. The third-order valence-electron chi connectivity index (χ3n) is 6.61. The van der Waals surface area contributed by atoms with E-state index in [4.69, 9.17) is 14.2 Å². The number of aromatic amines is 1. The second kappa shape index (κ2) is 13.0. The maximum absolute atomic E-state index is 12.7. The van der Waals surface area contributed by atoms with E-state index in [1.807, 2.05) is 0 Å². The summed E-state index contributed by atoms with van der Waals surface area (Å²) in [5, 5.41) is 17.0. The summed E-state index contributed by atoms with van der Waals surface area (Å²) >= 11 is 0. The van der Waals surface area contributed by atoms with Crippen molar-refractivity contribution in [2.24, 2.45) is 0 Å². The lowest BCUT2D eigenvalue weighted by molar-refractivity contribution is -0.139. The average molecular weight is 596 g/mol. The van der Waals surface area contributed by atoms with Crippen LogP contribution in [0, 0.1) is 0 Å². The number of amides is 5. The van der Waals surface area contributed by atoms with Gasteiger partial charge in [0.05, 0.1) is 11.0 Å². The topological polar surface area (TPSA) is 205 Å². The predicted molar refractivity (Wildman–Crippen MR) is 148 cm³/mol. The Kier molecular flexibility index (Phi) is 8.74. The molecule has 16 nitrogen and oxygen atoms in total. The molecule has 2 aliphatic heterocycles. The molecule has 226 valence electrons. The lowest BCUT2D eigenvalue weighted by Gasteiger charge is -2.18. The molecule has 1 saturated heterocycles. The predicted octanol–water partition coefficient (Wildman–Crippen LogP) is 0.854. The molecule has 43 heavy (non-hydrogen) atoms. The Morgan fingerprint density at radius 1 is 1.12 bits per heavy atom. The zero-order chi connectivity index (χ0) is 30.3. The molecule has 3 aromatic rings. The normalized spacial score (nSPS) is 14.6. The highest BCUT2D eigenvalue weighted by Crippen LogP contribution is 2.35. The van der Waals surface area contributed by atoms with Crippen molar-refractivity contribution in [2.45, 2.75) is 19.1 Å². The van der Waals surface area contributed by atoms with Crippen LogP contribution in [-0.2, 0) is 25.7 Å². The summed E-state index contributed by atoms with van der Waals surface area (Å²) in [6, 6.07) is 10.3. The number of urea groups is 1. The van der Waals surface area contributed by atoms with E-state index in [0.717, 1.165) is 10.4 Å². The number of H-pyrrole nitrogens is 1. The molecule has 1 unspecified atom stereocenters. The fraction of sp³-hybridized carbons (Fsp3) is 0.333. The first-order valence-corrected chi connectivity index (χ1v) is 13.4. The van der Waals surface area contributed by atoms with E-state index < -0.39 is 49.0 Å². The molecule has 0 saturated carbocycles. The van der Waals surface area contributed by atoms with E-state index in [1.54, 1.807) is 42.5 Å². The molecule has 2 aliphatic rings. The molecular formula is C27H29N7O9. The van der Waals surface area contributed by atoms with E-state index in [-0.39, 0.29) is 26.5 Å². The lowest BCUT2D eigenvalue weighted by atomic mass is 10.2. The fourth-order valence-electron chi connectivity index (χ4n) is 4.41. The number of imidazole rings is 1. The molecule has 0 spiro atoms. The summed E-state index contributed by atoms with van der Waals surface area (Å²) in [4.78, 5) is 70.8. The summed E-state index contributed by atoms with van der Waals surface area (Å²) in [6.07, 6.45) is -0.487. The lowest BCUT2D eigenvalue weighted by Crippen LogP contribution is -2.50. The quantitative estimate of drug-likeness (QED) is 0.138. The van der Waals surface area contributed by atoms with E-state index in [2.05, 4.69) is 25.9 Å². The Labute approximate surface area is 244 Å². The molecule has 0 aliphatic carbocycles. The highest BCUT2D eigenvalue weighted by atomic mass is 16.7. The molecule has 0 bridgehead atoms. The maximum atomic E-state index is 12.7. The van der Waals surface area contributed by atoms with Crippen LogP contribution >= 0.6 is 0 Å². The van der Waals surface area contributed by atoms with Crippen molar-refractivity contribution in [1.82, 2.24) is 30.4 Å². The summed E-state index contributed by atoms with van der Waals surface area (Å²) in [5.41, 5.74) is 2.19. The van der Waals surface area contributed by atoms with Gasteiger partial charge in [-0.15, -0.1) is 0 Å². The Morgan fingerprint density at radius 2 is 1.88 bits per heavy atom. The number of aromatic nitrogens is 2. The smallest absolute Gasteiger partial charge is 0.408 e. The second-order valence-corrected chi connectivity index (χ2v) is 9.67. The van der Waals surface area contributed by atoms with Gasteiger partial charge in [0.15, 0.2) is 11.5 Å². The monoisotopic (exact) mass is 595 g/mol. The van der Waals surface area contributed by atoms with Gasteiger partial charge < -0.3 is 45.2 Å². The van der Waals surface area contributed by atoms with Crippen molar-refractivity contribution in [3.8, 4) is 11.5 Å². The van der Waals surface area contributed by atoms with Crippen LogP contribution in [0.2, 0.25) is 0 Å². The summed E-state index contributed by atoms with van der Waals surface area (Å²) in [5.74, 6) is -0.934. The van der Waals surface area contributed by atoms with E-state index in [9.17, 15) is 29.1 Å². The highest BCUT2D eigenvalue weighted by Gasteiger charge is 2.37. The standard InChI is InChI=1S/C27H29N7O9/c35-22(29-11-19(24(37)38)32-26(39)41-14-16-5-2-1-3-6-16)12-34-23(36)13-33(27(34)40)8-4-7-28-25-30-17-9-20-21(43-15-42-20)10-18(17)31-25/h1-3,5-6,9-10,19H,4,7-8,11-15H2,(H,29,35)(H,32,39)(H,37,38)(H2,28,30,31). The Morgan fingerprint density at radius 3 is 2.65 bits per heavy atom. The fourth-order valence-corrected chi connectivity index (χ4v) is 4.41. The molecule has 1 fully saturated rings. The number of carboxylic acid groups (broad SMARTS) is 1. The number of imide groups is 1. The maximum Gasteiger partial charge on any atom is 0.408 e. The Hall–Kier alpha value is -5.54. The van der Waals surface area contributed by atoms with Gasteiger partial charge in [-0.2, -0.15) is 0 Å². The minimum atomic E-state index is -1.49. The number of nitrogens with one attached hydrogen (secondary N) is 4. The zero-order valence-corrected chi connectivity index (χ0v) is 22.8. The number of benzene rings is 2. The minimum absolute atomic E-state index is 0.0653. The van der Waals surface area contributed by atoms with Gasteiger partial charge in [0, 0.05) is 31.8 Å². The number of aliphatic carboxylic acids is 1. The number of carboxylic acids is 1. The van der Waals surface area contributed by atoms with Gasteiger partial charge in [-0.25, -0.2) is 19.4 Å². The number of ether oxygens (including phenoxy) is 3. The number of fused-ring (bicyclic) bond motifs is 2. The van der Waals surface area contributed by atoms with Crippen molar-refractivity contribution in [2.75, 3.05) is 44.8 Å². The first-order chi connectivity index (χ1) is 20.8. The number of hydrogen-bond donors (Lipinski definition) is 5. The summed E-state index contributed by atoms with van der Waals surface area (Å²) in [6.45, 7) is -0.453. The molecule has 2 aromatic carbocycles.